The highest BCUT2D eigenvalue weighted by Crippen LogP contribution is 2.36. The van der Waals surface area contributed by atoms with E-state index in [-0.39, 0.29) is 0 Å². The Labute approximate surface area is 175 Å². The normalized spacial score (nSPS) is 12.2. The van der Waals surface area contributed by atoms with E-state index in [1.807, 2.05) is 29.1 Å². The van der Waals surface area contributed by atoms with E-state index in [1.165, 1.54) is 6.33 Å². The van der Waals surface area contributed by atoms with Crippen LogP contribution in [0.3, 0.4) is 0 Å². The lowest BCUT2D eigenvalue weighted by molar-refractivity contribution is 0.0899. The van der Waals surface area contributed by atoms with Gasteiger partial charge in [0.15, 0.2) is 5.65 Å². The molecule has 0 saturated carbocycles. The lowest BCUT2D eigenvalue weighted by Gasteiger charge is -2.15. The Morgan fingerprint density at radius 1 is 1.14 bits per heavy atom. The topological polar surface area (TPSA) is 66.5 Å². The Balaban J connectivity index is 1.75. The highest BCUT2D eigenvalue weighted by molar-refractivity contribution is 6.76. The van der Waals surface area contributed by atoms with Gasteiger partial charge < -0.3 is 14.0 Å². The third-order valence-electron chi connectivity index (χ3n) is 4.80. The number of fused-ring (bicyclic) bond motifs is 2. The van der Waals surface area contributed by atoms with Gasteiger partial charge in [-0.2, -0.15) is 5.10 Å². The molecule has 7 nitrogen and oxygen atoms in total. The summed E-state index contributed by atoms with van der Waals surface area (Å²) in [5.74, 6) is 0.721. The van der Waals surface area contributed by atoms with Crippen molar-refractivity contribution in [2.75, 3.05) is 13.7 Å². The van der Waals surface area contributed by atoms with Crippen molar-refractivity contribution in [3.63, 3.8) is 0 Å². The zero-order valence-electron chi connectivity index (χ0n) is 17.0. The Bertz CT molecular complexity index is 1170. The summed E-state index contributed by atoms with van der Waals surface area (Å²) < 4.78 is 15.3. The van der Waals surface area contributed by atoms with Gasteiger partial charge in [0, 0.05) is 49.7 Å². The highest BCUT2D eigenvalue weighted by Gasteiger charge is 2.18. The number of hydrogen-bond donors (Lipinski definition) is 0. The predicted molar refractivity (Wildman–Crippen MR) is 117 cm³/mol. The Morgan fingerprint density at radius 2 is 1.97 bits per heavy atom. The lowest BCUT2D eigenvalue weighted by Crippen LogP contribution is -2.22. The zero-order valence-corrected chi connectivity index (χ0v) is 18.8. The molecular weight excluding hydrogens is 406 g/mol. The molecule has 4 aromatic rings. The minimum Gasteiger partial charge on any atom is -0.496 e. The number of aromatic nitrogens is 5. The van der Waals surface area contributed by atoms with Crippen LogP contribution in [0.15, 0.2) is 36.9 Å². The van der Waals surface area contributed by atoms with Crippen LogP contribution in [0.5, 0.6) is 5.75 Å². The van der Waals surface area contributed by atoms with E-state index >= 15 is 0 Å². The van der Waals surface area contributed by atoms with Crippen LogP contribution in [0.2, 0.25) is 30.8 Å². The SMILES string of the molecule is COc1cc2ncnn2cc1-c1cn(COCC[Si](C)(C)C)c2nc(Cl)ccc12. The molecule has 4 aromatic heterocycles. The molecule has 0 bridgehead atoms. The first-order chi connectivity index (χ1) is 13.9. The second kappa shape index (κ2) is 7.77. The standard InChI is InChI=1S/C20H24ClN5O2Si/c1-27-17-9-19-22-12-23-26(19)11-16(17)15-10-25(13-28-7-8-29(2,3)4)20-14(15)5-6-18(21)24-20/h5-6,9-12H,7-8,13H2,1-4H3. The molecule has 0 aromatic carbocycles. The van der Waals surface area contributed by atoms with Gasteiger partial charge >= 0.3 is 0 Å². The molecule has 0 radical (unpaired) electrons. The first-order valence-corrected chi connectivity index (χ1v) is 13.5. The van der Waals surface area contributed by atoms with Gasteiger partial charge in [-0.15, -0.1) is 0 Å². The van der Waals surface area contributed by atoms with Crippen LogP contribution < -0.4 is 4.74 Å². The fourth-order valence-corrected chi connectivity index (χ4v) is 4.11. The van der Waals surface area contributed by atoms with Gasteiger partial charge in [-0.05, 0) is 18.2 Å². The number of rotatable bonds is 7. The molecule has 0 saturated heterocycles. The first kappa shape index (κ1) is 19.9. The summed E-state index contributed by atoms with van der Waals surface area (Å²) in [4.78, 5) is 8.77. The minimum atomic E-state index is -1.14. The van der Waals surface area contributed by atoms with E-state index in [0.717, 1.165) is 46.2 Å². The second-order valence-corrected chi connectivity index (χ2v) is 14.2. The van der Waals surface area contributed by atoms with Crippen molar-refractivity contribution < 1.29 is 9.47 Å². The van der Waals surface area contributed by atoms with Gasteiger partial charge in [0.2, 0.25) is 0 Å². The van der Waals surface area contributed by atoms with Crippen molar-refractivity contribution >= 4 is 36.4 Å². The average Bonchev–Trinajstić information content (AvgIpc) is 3.27. The van der Waals surface area contributed by atoms with Gasteiger partial charge in [-0.3, -0.25) is 0 Å². The summed E-state index contributed by atoms with van der Waals surface area (Å²) in [7, 11) is 0.512. The molecule has 152 valence electrons. The first-order valence-electron chi connectivity index (χ1n) is 9.46. The summed E-state index contributed by atoms with van der Waals surface area (Å²) in [5.41, 5.74) is 3.39. The number of hydrogen-bond acceptors (Lipinski definition) is 5. The maximum absolute atomic E-state index is 6.18. The molecular formula is C20H24ClN5O2Si. The molecule has 0 unspecified atom stereocenters. The Morgan fingerprint density at radius 3 is 2.72 bits per heavy atom. The fourth-order valence-electron chi connectivity index (χ4n) is 3.21. The van der Waals surface area contributed by atoms with E-state index in [9.17, 15) is 0 Å². The Hall–Kier alpha value is -2.42. The number of pyridine rings is 2. The van der Waals surface area contributed by atoms with E-state index in [2.05, 4.69) is 34.7 Å². The summed E-state index contributed by atoms with van der Waals surface area (Å²) in [5, 5.41) is 5.67. The quantitative estimate of drug-likeness (QED) is 0.241. The van der Waals surface area contributed by atoms with Crippen molar-refractivity contribution in [1.82, 2.24) is 24.1 Å². The van der Waals surface area contributed by atoms with Gasteiger partial charge in [0.1, 0.15) is 29.6 Å². The molecule has 4 rings (SSSR count). The van der Waals surface area contributed by atoms with E-state index < -0.39 is 8.07 Å². The van der Waals surface area contributed by atoms with Gasteiger partial charge in [0.25, 0.3) is 0 Å². The number of ether oxygens (including phenoxy) is 2. The van der Waals surface area contributed by atoms with Crippen molar-refractivity contribution in [3.05, 3.63) is 42.1 Å². The molecule has 0 spiro atoms. The fraction of sp³-hybridized carbons (Fsp3) is 0.350. The maximum atomic E-state index is 6.18. The van der Waals surface area contributed by atoms with Gasteiger partial charge in [-0.25, -0.2) is 14.5 Å². The summed E-state index contributed by atoms with van der Waals surface area (Å²) >= 11 is 6.18. The molecule has 0 N–H and O–H groups in total. The van der Waals surface area contributed by atoms with Crippen molar-refractivity contribution in [3.8, 4) is 16.9 Å². The number of halogens is 1. The predicted octanol–water partition coefficient (Wildman–Crippen LogP) is 4.72. The van der Waals surface area contributed by atoms with E-state index in [4.69, 9.17) is 21.1 Å². The Kier molecular flexibility index (Phi) is 5.33. The molecule has 29 heavy (non-hydrogen) atoms. The van der Waals surface area contributed by atoms with Crippen LogP contribution >= 0.6 is 11.6 Å². The highest BCUT2D eigenvalue weighted by atomic mass is 35.5. The molecule has 0 aliphatic carbocycles. The zero-order chi connectivity index (χ0) is 20.6. The summed E-state index contributed by atoms with van der Waals surface area (Å²) in [6.45, 7) is 8.18. The molecule has 0 fully saturated rings. The summed E-state index contributed by atoms with van der Waals surface area (Å²) in [6.07, 6.45) is 5.47. The van der Waals surface area contributed by atoms with Crippen molar-refractivity contribution in [2.24, 2.45) is 0 Å². The van der Waals surface area contributed by atoms with Crippen LogP contribution in [0, 0.1) is 0 Å². The van der Waals surface area contributed by atoms with Gasteiger partial charge in [0.05, 0.1) is 7.11 Å². The molecule has 9 heteroatoms. The largest absolute Gasteiger partial charge is 0.496 e. The van der Waals surface area contributed by atoms with Crippen molar-refractivity contribution in [1.29, 1.82) is 0 Å². The monoisotopic (exact) mass is 429 g/mol. The van der Waals surface area contributed by atoms with Crippen LogP contribution in [-0.2, 0) is 11.5 Å². The number of methoxy groups -OCH3 is 1. The van der Waals surface area contributed by atoms with Crippen LogP contribution in [0.25, 0.3) is 27.8 Å². The van der Waals surface area contributed by atoms with E-state index in [1.54, 1.807) is 17.7 Å². The third-order valence-corrected chi connectivity index (χ3v) is 6.72. The molecule has 0 aliphatic heterocycles. The molecule has 0 amide bonds. The third kappa shape index (κ3) is 4.14. The smallest absolute Gasteiger partial charge is 0.158 e. The number of nitrogens with zero attached hydrogens (tertiary/aromatic N) is 5. The minimum absolute atomic E-state index is 0.419. The maximum Gasteiger partial charge on any atom is 0.158 e. The molecule has 0 atom stereocenters. The van der Waals surface area contributed by atoms with Gasteiger partial charge in [-0.1, -0.05) is 31.2 Å². The van der Waals surface area contributed by atoms with E-state index in [0.29, 0.717) is 11.9 Å². The summed E-state index contributed by atoms with van der Waals surface area (Å²) in [6, 6.07) is 6.76. The second-order valence-electron chi connectivity index (χ2n) is 8.18. The van der Waals surface area contributed by atoms with Crippen LogP contribution in [0.4, 0.5) is 0 Å². The lowest BCUT2D eigenvalue weighted by atomic mass is 10.1. The van der Waals surface area contributed by atoms with Crippen molar-refractivity contribution in [2.45, 2.75) is 32.4 Å². The van der Waals surface area contributed by atoms with Crippen LogP contribution in [-0.4, -0.2) is 45.9 Å². The molecule has 0 aliphatic rings. The average molecular weight is 430 g/mol. The van der Waals surface area contributed by atoms with Crippen LogP contribution in [0.1, 0.15) is 0 Å². The molecule has 4 heterocycles.